The van der Waals surface area contributed by atoms with Crippen LogP contribution in [0.2, 0.25) is 0 Å². The van der Waals surface area contributed by atoms with Crippen LogP contribution in [0, 0.1) is 13.8 Å². The van der Waals surface area contributed by atoms with Crippen LogP contribution < -0.4 is 10.3 Å². The van der Waals surface area contributed by atoms with Crippen molar-refractivity contribution in [2.75, 3.05) is 6.61 Å². The molecule has 1 N–H and O–H groups in total. The van der Waals surface area contributed by atoms with Crippen LogP contribution in [0.25, 0.3) is 0 Å². The van der Waals surface area contributed by atoms with Gasteiger partial charge in [0.15, 0.2) is 0 Å². The number of pyridine rings is 1. The van der Waals surface area contributed by atoms with Gasteiger partial charge in [0, 0.05) is 5.69 Å². The Morgan fingerprint density at radius 1 is 1.23 bits per heavy atom. The smallest absolute Gasteiger partial charge is 0.344 e. The monoisotopic (exact) mass is 301 g/mol. The first-order chi connectivity index (χ1) is 10.5. The molecule has 5 heteroatoms. The fourth-order valence-corrected chi connectivity index (χ4v) is 2.11. The van der Waals surface area contributed by atoms with Gasteiger partial charge in [0.1, 0.15) is 24.0 Å². The molecule has 5 nitrogen and oxygen atoms in total. The van der Waals surface area contributed by atoms with Crippen molar-refractivity contribution in [3.8, 4) is 5.75 Å². The van der Waals surface area contributed by atoms with E-state index in [9.17, 15) is 9.59 Å². The number of rotatable bonds is 5. The zero-order chi connectivity index (χ0) is 16.1. The molecule has 2 aromatic rings. The maximum atomic E-state index is 12.1. The predicted octanol–water partition coefficient (Wildman–Crippen LogP) is 2.62. The lowest BCUT2D eigenvalue weighted by atomic mass is 10.1. The van der Waals surface area contributed by atoms with Crippen molar-refractivity contribution in [1.29, 1.82) is 0 Å². The maximum Gasteiger partial charge on any atom is 0.344 e. The first-order valence-corrected chi connectivity index (χ1v) is 7.06. The molecule has 1 aromatic carbocycles. The Morgan fingerprint density at radius 3 is 2.55 bits per heavy atom. The molecule has 2 rings (SSSR count). The molecule has 0 aliphatic rings. The quantitative estimate of drug-likeness (QED) is 0.862. The number of aromatic amines is 1. The summed E-state index contributed by atoms with van der Waals surface area (Å²) in [5.74, 6) is 0.0673. The maximum absolute atomic E-state index is 12.1. The molecule has 0 amide bonds. The highest BCUT2D eigenvalue weighted by Gasteiger charge is 2.18. The topological polar surface area (TPSA) is 68.4 Å². The SMILES string of the molecule is Cc1cc(C)c(C(=O)O[C@H](C)COc2ccccc2)c(=O)[nH]1. The van der Waals surface area contributed by atoms with Crippen LogP contribution in [0.1, 0.15) is 28.5 Å². The molecule has 0 aliphatic carbocycles. The van der Waals surface area contributed by atoms with Gasteiger partial charge in [-0.1, -0.05) is 18.2 Å². The number of carbonyl (C=O) groups excluding carboxylic acids is 1. The largest absolute Gasteiger partial charge is 0.490 e. The molecule has 116 valence electrons. The van der Waals surface area contributed by atoms with Gasteiger partial charge in [-0.3, -0.25) is 4.79 Å². The standard InChI is InChI=1S/C17H19NO4/c1-11-9-12(2)18-16(19)15(11)17(20)22-13(3)10-21-14-7-5-4-6-8-14/h4-9,13H,10H2,1-3H3,(H,18,19)/t13-/m1/s1. The molecule has 0 unspecified atom stereocenters. The summed E-state index contributed by atoms with van der Waals surface area (Å²) in [6, 6.07) is 11.0. The Balaban J connectivity index is 1.98. The molecular weight excluding hydrogens is 282 g/mol. The highest BCUT2D eigenvalue weighted by molar-refractivity contribution is 5.90. The van der Waals surface area contributed by atoms with Gasteiger partial charge < -0.3 is 14.5 Å². The Kier molecular flexibility index (Phi) is 4.99. The number of para-hydroxylation sites is 1. The summed E-state index contributed by atoms with van der Waals surface area (Å²) in [6.07, 6.45) is -0.465. The fourth-order valence-electron chi connectivity index (χ4n) is 2.11. The van der Waals surface area contributed by atoms with Crippen molar-refractivity contribution in [1.82, 2.24) is 4.98 Å². The molecule has 1 aromatic heterocycles. The summed E-state index contributed by atoms with van der Waals surface area (Å²) in [4.78, 5) is 26.6. The Bertz CT molecular complexity index is 706. The predicted molar refractivity (Wildman–Crippen MR) is 83.4 cm³/mol. The van der Waals surface area contributed by atoms with Gasteiger partial charge >= 0.3 is 5.97 Å². The van der Waals surface area contributed by atoms with Crippen molar-refractivity contribution in [3.63, 3.8) is 0 Å². The van der Waals surface area contributed by atoms with Crippen LogP contribution in [-0.4, -0.2) is 23.7 Å². The summed E-state index contributed by atoms with van der Waals surface area (Å²) < 4.78 is 10.8. The lowest BCUT2D eigenvalue weighted by Gasteiger charge is -2.15. The number of ether oxygens (including phenoxy) is 2. The molecule has 22 heavy (non-hydrogen) atoms. The van der Waals surface area contributed by atoms with Crippen LogP contribution >= 0.6 is 0 Å². The van der Waals surface area contributed by atoms with Gasteiger partial charge in [0.2, 0.25) is 0 Å². The third-order valence-electron chi connectivity index (χ3n) is 3.11. The van der Waals surface area contributed by atoms with E-state index in [0.717, 1.165) is 0 Å². The van der Waals surface area contributed by atoms with E-state index < -0.39 is 17.6 Å². The summed E-state index contributed by atoms with van der Waals surface area (Å²) in [5.41, 5.74) is 0.915. The lowest BCUT2D eigenvalue weighted by molar-refractivity contribution is 0.0226. The van der Waals surface area contributed by atoms with E-state index in [1.54, 1.807) is 26.8 Å². The van der Waals surface area contributed by atoms with Crippen LogP contribution in [0.3, 0.4) is 0 Å². The van der Waals surface area contributed by atoms with E-state index in [-0.39, 0.29) is 12.2 Å². The summed E-state index contributed by atoms with van der Waals surface area (Å²) in [7, 11) is 0. The van der Waals surface area contributed by atoms with Crippen molar-refractivity contribution >= 4 is 5.97 Å². The molecule has 1 atom stereocenters. The second kappa shape index (κ2) is 6.93. The minimum absolute atomic E-state index is 0.0390. The molecule has 0 radical (unpaired) electrons. The molecule has 0 saturated heterocycles. The third-order valence-corrected chi connectivity index (χ3v) is 3.11. The molecule has 0 fully saturated rings. The van der Waals surface area contributed by atoms with E-state index >= 15 is 0 Å². The summed E-state index contributed by atoms with van der Waals surface area (Å²) >= 11 is 0. The number of nitrogens with one attached hydrogen (secondary N) is 1. The molecular formula is C17H19NO4. The fraction of sp³-hybridized carbons (Fsp3) is 0.294. The number of carbonyl (C=O) groups is 1. The zero-order valence-electron chi connectivity index (χ0n) is 12.9. The molecule has 0 aliphatic heterocycles. The number of H-pyrrole nitrogens is 1. The average Bonchev–Trinajstić information content (AvgIpc) is 2.45. The van der Waals surface area contributed by atoms with Crippen LogP contribution in [-0.2, 0) is 4.74 Å². The van der Waals surface area contributed by atoms with Crippen LogP contribution in [0.5, 0.6) is 5.75 Å². The minimum atomic E-state index is -0.636. The second-order valence-corrected chi connectivity index (χ2v) is 5.18. The van der Waals surface area contributed by atoms with E-state index in [1.807, 2.05) is 30.3 Å². The number of aryl methyl sites for hydroxylation is 2. The number of aromatic nitrogens is 1. The van der Waals surface area contributed by atoms with E-state index in [1.165, 1.54) is 0 Å². The first-order valence-electron chi connectivity index (χ1n) is 7.06. The van der Waals surface area contributed by atoms with Crippen molar-refractivity contribution in [3.05, 3.63) is 63.6 Å². The number of hydrogen-bond acceptors (Lipinski definition) is 4. The average molecular weight is 301 g/mol. The van der Waals surface area contributed by atoms with Crippen LogP contribution in [0.4, 0.5) is 0 Å². The van der Waals surface area contributed by atoms with Crippen LogP contribution in [0.15, 0.2) is 41.2 Å². The summed E-state index contributed by atoms with van der Waals surface area (Å²) in [6.45, 7) is 5.42. The minimum Gasteiger partial charge on any atom is -0.490 e. The normalized spacial score (nSPS) is 11.8. The first kappa shape index (κ1) is 15.8. The number of hydrogen-bond donors (Lipinski definition) is 1. The molecule has 0 spiro atoms. The molecule has 0 bridgehead atoms. The van der Waals surface area contributed by atoms with Gasteiger partial charge in [-0.2, -0.15) is 0 Å². The zero-order valence-corrected chi connectivity index (χ0v) is 12.9. The van der Waals surface area contributed by atoms with Crippen molar-refractivity contribution in [2.45, 2.75) is 26.9 Å². The van der Waals surface area contributed by atoms with E-state index in [4.69, 9.17) is 9.47 Å². The third kappa shape index (κ3) is 3.97. The Hall–Kier alpha value is -2.56. The van der Waals surface area contributed by atoms with E-state index in [2.05, 4.69) is 4.98 Å². The van der Waals surface area contributed by atoms with Crippen molar-refractivity contribution < 1.29 is 14.3 Å². The van der Waals surface area contributed by atoms with Gasteiger partial charge in [0.25, 0.3) is 5.56 Å². The second-order valence-electron chi connectivity index (χ2n) is 5.18. The van der Waals surface area contributed by atoms with E-state index in [0.29, 0.717) is 17.0 Å². The van der Waals surface area contributed by atoms with Gasteiger partial charge in [-0.15, -0.1) is 0 Å². The Morgan fingerprint density at radius 2 is 1.91 bits per heavy atom. The summed E-state index contributed by atoms with van der Waals surface area (Å²) in [5, 5.41) is 0. The molecule has 0 saturated carbocycles. The van der Waals surface area contributed by atoms with Crippen molar-refractivity contribution in [2.24, 2.45) is 0 Å². The molecule has 1 heterocycles. The lowest BCUT2D eigenvalue weighted by Crippen LogP contribution is -2.27. The number of benzene rings is 1. The number of esters is 1. The van der Waals surface area contributed by atoms with Gasteiger partial charge in [-0.25, -0.2) is 4.79 Å². The highest BCUT2D eigenvalue weighted by atomic mass is 16.6. The Labute approximate surface area is 128 Å². The van der Waals surface area contributed by atoms with Gasteiger partial charge in [0.05, 0.1) is 0 Å². The highest BCUT2D eigenvalue weighted by Crippen LogP contribution is 2.11. The van der Waals surface area contributed by atoms with Gasteiger partial charge in [-0.05, 0) is 44.5 Å².